The summed E-state index contributed by atoms with van der Waals surface area (Å²) in [5.74, 6) is 4.57. The molecule has 3 heterocycles. The Bertz CT molecular complexity index is 817. The number of hydrogen-bond acceptors (Lipinski definition) is 5. The molecule has 0 N–H and O–H groups in total. The molecule has 30 heavy (non-hydrogen) atoms. The maximum atomic E-state index is 5.73. The monoisotopic (exact) mass is 428 g/mol. The first-order chi connectivity index (χ1) is 14.4. The highest BCUT2D eigenvalue weighted by Gasteiger charge is 2.32. The molecule has 3 rings (SSSR count). The average molecular weight is 429 g/mol. The molecule has 0 aromatic carbocycles. The summed E-state index contributed by atoms with van der Waals surface area (Å²) < 4.78 is 7.33. The molecule has 2 aliphatic rings. The third kappa shape index (κ3) is 6.78. The maximum absolute atomic E-state index is 5.73. The molecule has 0 bridgehead atoms. The molecule has 2 aliphatic heterocycles. The number of aryl methyl sites for hydroxylation is 1. The van der Waals surface area contributed by atoms with E-state index in [9.17, 15) is 0 Å². The molecule has 0 spiro atoms. The maximum Gasteiger partial charge on any atom is 0.109 e. The molecule has 1 aromatic rings. The molecule has 0 amide bonds. The number of nitrogens with zero attached hydrogens (tertiary/aromatic N) is 4. The van der Waals surface area contributed by atoms with Crippen molar-refractivity contribution in [1.29, 1.82) is 0 Å². The van der Waals surface area contributed by atoms with Crippen molar-refractivity contribution in [2.45, 2.75) is 54.4 Å². The summed E-state index contributed by atoms with van der Waals surface area (Å²) in [4.78, 5) is 8.10. The Balaban J connectivity index is 0.00000155. The zero-order valence-corrected chi connectivity index (χ0v) is 20.1. The van der Waals surface area contributed by atoms with Gasteiger partial charge in [-0.15, -0.1) is 6.42 Å². The Hall–Kier alpha value is -1.97. The van der Waals surface area contributed by atoms with E-state index in [0.29, 0.717) is 12.5 Å². The second kappa shape index (κ2) is 11.4. The largest absolute Gasteiger partial charge is 0.381 e. The van der Waals surface area contributed by atoms with E-state index in [-0.39, 0.29) is 5.41 Å². The molecular weight excluding hydrogens is 392 g/mol. The van der Waals surface area contributed by atoms with Gasteiger partial charge in [0, 0.05) is 49.0 Å². The lowest BCUT2D eigenvalue weighted by molar-refractivity contribution is 0.0615. The van der Waals surface area contributed by atoms with Gasteiger partial charge in [-0.05, 0) is 43.4 Å². The van der Waals surface area contributed by atoms with Gasteiger partial charge in [0.05, 0.1) is 17.6 Å². The third-order valence-electron chi connectivity index (χ3n) is 4.90. The number of aliphatic imine (C=N–C) groups is 1. The first kappa shape index (κ1) is 24.3. The van der Waals surface area contributed by atoms with Crippen molar-refractivity contribution in [3.63, 3.8) is 0 Å². The first-order valence-corrected chi connectivity index (χ1v) is 11.6. The number of rotatable bonds is 5. The van der Waals surface area contributed by atoms with Crippen LogP contribution >= 0.6 is 11.9 Å². The van der Waals surface area contributed by atoms with E-state index in [4.69, 9.17) is 16.2 Å². The van der Waals surface area contributed by atoms with Crippen LogP contribution in [0.2, 0.25) is 0 Å². The first-order valence-electron chi connectivity index (χ1n) is 10.8. The summed E-state index contributed by atoms with van der Waals surface area (Å²) in [6, 6.07) is 0. The fraction of sp³-hybridized carbons (Fsp3) is 0.583. The number of hydrogen-bond donors (Lipinski definition) is 0. The minimum atomic E-state index is 0.0146. The molecule has 0 aliphatic carbocycles. The highest BCUT2D eigenvalue weighted by Crippen LogP contribution is 2.30. The second-order valence-electron chi connectivity index (χ2n) is 8.40. The Morgan fingerprint density at radius 2 is 2.03 bits per heavy atom. The highest BCUT2D eigenvalue weighted by molar-refractivity contribution is 8.01. The van der Waals surface area contributed by atoms with Crippen LogP contribution in [0.1, 0.15) is 53.0 Å². The lowest BCUT2D eigenvalue weighted by Gasteiger charge is -2.34. The Kier molecular flexibility index (Phi) is 9.26. The van der Waals surface area contributed by atoms with E-state index in [1.165, 1.54) is 17.6 Å². The minimum Gasteiger partial charge on any atom is -0.381 e. The number of aromatic nitrogens is 2. The molecule has 0 radical (unpaired) electrons. The fourth-order valence-corrected chi connectivity index (χ4v) is 4.15. The van der Waals surface area contributed by atoms with E-state index < -0.39 is 0 Å². The van der Waals surface area contributed by atoms with E-state index >= 15 is 0 Å². The SMILES string of the molecule is C#C/C(=C\C=C1/CN=C(C(C)(C)C)N1CC1CCOCC1)Sn1cc(C)cn1.CC. The Morgan fingerprint density at radius 1 is 1.33 bits per heavy atom. The van der Waals surface area contributed by atoms with Gasteiger partial charge in [-0.1, -0.05) is 40.5 Å². The normalized spacial score (nSPS) is 19.4. The topological polar surface area (TPSA) is 42.6 Å². The zero-order chi connectivity index (χ0) is 22.1. The van der Waals surface area contributed by atoms with E-state index in [1.807, 2.05) is 39.2 Å². The van der Waals surface area contributed by atoms with E-state index in [2.05, 4.69) is 42.8 Å². The molecule has 0 unspecified atom stereocenters. The number of ether oxygens (including phenoxy) is 1. The van der Waals surface area contributed by atoms with Gasteiger partial charge < -0.3 is 9.64 Å². The molecule has 1 fully saturated rings. The van der Waals surface area contributed by atoms with Crippen LogP contribution in [0.5, 0.6) is 0 Å². The van der Waals surface area contributed by atoms with Gasteiger partial charge in [-0.3, -0.25) is 4.99 Å². The van der Waals surface area contributed by atoms with Gasteiger partial charge in [0.2, 0.25) is 0 Å². The van der Waals surface area contributed by atoms with Crippen molar-refractivity contribution < 1.29 is 4.74 Å². The van der Waals surface area contributed by atoms with Crippen LogP contribution in [-0.2, 0) is 4.74 Å². The molecule has 0 saturated carbocycles. The lowest BCUT2D eigenvalue weighted by atomic mass is 9.92. The van der Waals surface area contributed by atoms with E-state index in [0.717, 1.165) is 48.9 Å². The standard InChI is InChI=1S/C22H30N4OS.C2H6/c1-6-20(28-26-15-17(2)13-24-26)8-7-19-14-23-21(22(3,4)5)25(19)16-18-9-11-27-12-10-18;1-2/h1,7-8,13,15,18H,9-12,14,16H2,2-5H3;1-2H3/b19-7+,20-8+;. The Morgan fingerprint density at radius 3 is 2.60 bits per heavy atom. The summed E-state index contributed by atoms with van der Waals surface area (Å²) in [6.45, 7) is 16.1. The van der Waals surface area contributed by atoms with Gasteiger partial charge in [0.1, 0.15) is 5.84 Å². The van der Waals surface area contributed by atoms with Crippen molar-refractivity contribution in [3.05, 3.63) is 40.7 Å². The molecule has 6 heteroatoms. The average Bonchev–Trinajstić information content (AvgIpc) is 3.33. The van der Waals surface area contributed by atoms with Crippen molar-refractivity contribution in [3.8, 4) is 12.3 Å². The number of terminal acetylenes is 1. The number of allylic oxidation sites excluding steroid dienone is 3. The van der Waals surface area contributed by atoms with Crippen LogP contribution in [-0.4, -0.2) is 46.2 Å². The van der Waals surface area contributed by atoms with Gasteiger partial charge >= 0.3 is 0 Å². The zero-order valence-electron chi connectivity index (χ0n) is 19.3. The van der Waals surface area contributed by atoms with Crippen LogP contribution in [0.25, 0.3) is 0 Å². The van der Waals surface area contributed by atoms with Crippen molar-refractivity contribution >= 4 is 17.8 Å². The number of amidine groups is 1. The van der Waals surface area contributed by atoms with Gasteiger partial charge in [-0.25, -0.2) is 4.09 Å². The van der Waals surface area contributed by atoms with Crippen LogP contribution in [0.3, 0.4) is 0 Å². The van der Waals surface area contributed by atoms with Crippen molar-refractivity contribution in [1.82, 2.24) is 14.1 Å². The van der Waals surface area contributed by atoms with Crippen molar-refractivity contribution in [2.75, 3.05) is 26.3 Å². The summed E-state index contributed by atoms with van der Waals surface area (Å²) in [5, 5.41) is 4.30. The van der Waals surface area contributed by atoms with E-state index in [1.54, 1.807) is 4.09 Å². The molecular formula is C24H36N4OS. The Labute approximate surface area is 186 Å². The van der Waals surface area contributed by atoms with Gasteiger partial charge in [0.15, 0.2) is 0 Å². The molecule has 164 valence electrons. The summed E-state index contributed by atoms with van der Waals surface area (Å²) in [6.07, 6.45) is 15.9. The third-order valence-corrected chi connectivity index (χ3v) is 5.73. The second-order valence-corrected chi connectivity index (χ2v) is 9.40. The minimum absolute atomic E-state index is 0.0146. The van der Waals surface area contributed by atoms with Gasteiger partial charge in [-0.2, -0.15) is 5.10 Å². The summed E-state index contributed by atoms with van der Waals surface area (Å²) in [7, 11) is 0. The predicted octanol–water partition coefficient (Wildman–Crippen LogP) is 5.30. The molecule has 1 aromatic heterocycles. The van der Waals surface area contributed by atoms with Crippen LogP contribution in [0.15, 0.2) is 40.1 Å². The highest BCUT2D eigenvalue weighted by atomic mass is 32.2. The summed E-state index contributed by atoms with van der Waals surface area (Å²) in [5.41, 5.74) is 2.34. The molecule has 1 saturated heterocycles. The van der Waals surface area contributed by atoms with Crippen LogP contribution in [0, 0.1) is 30.6 Å². The van der Waals surface area contributed by atoms with Crippen LogP contribution in [0.4, 0.5) is 0 Å². The summed E-state index contributed by atoms with van der Waals surface area (Å²) >= 11 is 1.45. The molecule has 5 nitrogen and oxygen atoms in total. The quantitative estimate of drug-likeness (QED) is 0.597. The smallest absolute Gasteiger partial charge is 0.109 e. The molecule has 0 atom stereocenters. The fourth-order valence-electron chi connectivity index (χ4n) is 3.45. The van der Waals surface area contributed by atoms with Gasteiger partial charge in [0.25, 0.3) is 0 Å². The van der Waals surface area contributed by atoms with Crippen LogP contribution < -0.4 is 0 Å². The lowest BCUT2D eigenvalue weighted by Crippen LogP contribution is -2.39. The predicted molar refractivity (Wildman–Crippen MR) is 128 cm³/mol. The van der Waals surface area contributed by atoms with Crippen molar-refractivity contribution in [2.24, 2.45) is 16.3 Å².